The van der Waals surface area contributed by atoms with Gasteiger partial charge in [-0.2, -0.15) is 11.8 Å². The molecule has 0 aromatic heterocycles. The highest BCUT2D eigenvalue weighted by Crippen LogP contribution is 2.28. The molecule has 0 unspecified atom stereocenters. The molecule has 0 radical (unpaired) electrons. The number of hydrogen-bond acceptors (Lipinski definition) is 2. The highest BCUT2D eigenvalue weighted by molar-refractivity contribution is 7.98. The Bertz CT molecular complexity index is 403. The van der Waals surface area contributed by atoms with Gasteiger partial charge in [0.2, 0.25) is 5.91 Å². The molecule has 2 nitrogen and oxygen atoms in total. The van der Waals surface area contributed by atoms with Crippen LogP contribution in [0.4, 0.5) is 0 Å². The zero-order valence-corrected chi connectivity index (χ0v) is 10.6. The first kappa shape index (κ1) is 11.5. The van der Waals surface area contributed by atoms with E-state index in [1.54, 1.807) is 6.92 Å². The summed E-state index contributed by atoms with van der Waals surface area (Å²) < 4.78 is 0. The molecule has 16 heavy (non-hydrogen) atoms. The first-order valence-electron chi connectivity index (χ1n) is 5.65. The average Bonchev–Trinajstić information content (AvgIpc) is 2.70. The molecular weight excluding hydrogens is 218 g/mol. The van der Waals surface area contributed by atoms with E-state index in [1.165, 1.54) is 16.7 Å². The van der Waals surface area contributed by atoms with Gasteiger partial charge < -0.3 is 4.90 Å². The van der Waals surface area contributed by atoms with E-state index >= 15 is 0 Å². The molecule has 0 fully saturated rings. The topological polar surface area (TPSA) is 20.3 Å². The van der Waals surface area contributed by atoms with Crippen LogP contribution in [0.1, 0.15) is 30.5 Å². The zero-order chi connectivity index (χ0) is 11.5. The summed E-state index contributed by atoms with van der Waals surface area (Å²) >= 11 is 1.93. The molecule has 2 rings (SSSR count). The molecule has 1 aromatic carbocycles. The van der Waals surface area contributed by atoms with Gasteiger partial charge in [-0.3, -0.25) is 4.79 Å². The second-order valence-electron chi connectivity index (χ2n) is 4.07. The highest BCUT2D eigenvalue weighted by Gasteiger charge is 2.22. The van der Waals surface area contributed by atoms with Gasteiger partial charge in [0.1, 0.15) is 0 Å². The van der Waals surface area contributed by atoms with Gasteiger partial charge in [-0.15, -0.1) is 0 Å². The normalized spacial score (nSPS) is 14.0. The summed E-state index contributed by atoms with van der Waals surface area (Å²) in [7, 11) is 0. The van der Waals surface area contributed by atoms with Gasteiger partial charge in [0, 0.05) is 25.8 Å². The molecule has 1 aliphatic heterocycles. The van der Waals surface area contributed by atoms with Crippen molar-refractivity contribution in [2.75, 3.05) is 5.75 Å². The predicted octanol–water partition coefficient (Wildman–Crippen LogP) is 2.80. The van der Waals surface area contributed by atoms with Crippen LogP contribution in [0.3, 0.4) is 0 Å². The van der Waals surface area contributed by atoms with Gasteiger partial charge in [0.15, 0.2) is 0 Å². The zero-order valence-electron chi connectivity index (χ0n) is 9.82. The smallest absolute Gasteiger partial charge is 0.220 e. The third-order valence-corrected chi connectivity index (χ3v) is 3.91. The Balaban J connectivity index is 2.20. The summed E-state index contributed by atoms with van der Waals surface area (Å²) in [5.41, 5.74) is 4.09. The van der Waals surface area contributed by atoms with E-state index in [1.807, 2.05) is 16.7 Å². The van der Waals surface area contributed by atoms with Crippen molar-refractivity contribution >= 4 is 17.7 Å². The summed E-state index contributed by atoms with van der Waals surface area (Å²) in [6.07, 6.45) is 0. The maximum absolute atomic E-state index is 11.4. The van der Waals surface area contributed by atoms with Crippen molar-refractivity contribution in [3.05, 3.63) is 34.9 Å². The lowest BCUT2D eigenvalue weighted by atomic mass is 10.1. The van der Waals surface area contributed by atoms with Crippen LogP contribution in [0.25, 0.3) is 0 Å². The fraction of sp³-hybridized carbons (Fsp3) is 0.462. The van der Waals surface area contributed by atoms with Crippen LogP contribution in [-0.2, 0) is 23.6 Å². The lowest BCUT2D eigenvalue weighted by Crippen LogP contribution is -2.21. The van der Waals surface area contributed by atoms with E-state index in [2.05, 4.69) is 25.1 Å². The summed E-state index contributed by atoms with van der Waals surface area (Å²) in [6.45, 7) is 5.41. The summed E-state index contributed by atoms with van der Waals surface area (Å²) in [5.74, 6) is 2.37. The standard InChI is InChI=1S/C13H17NOS/c1-3-16-9-12-6-4-5-11-7-14(10(2)15)8-13(11)12/h4-6H,3,7-9H2,1-2H3. The van der Waals surface area contributed by atoms with E-state index < -0.39 is 0 Å². The molecular formula is C13H17NOS. The van der Waals surface area contributed by atoms with Crippen LogP contribution in [0.5, 0.6) is 0 Å². The van der Waals surface area contributed by atoms with Crippen molar-refractivity contribution in [2.24, 2.45) is 0 Å². The highest BCUT2D eigenvalue weighted by atomic mass is 32.2. The van der Waals surface area contributed by atoms with E-state index in [0.29, 0.717) is 0 Å². The molecule has 0 aliphatic carbocycles. The Labute approximate surface area is 101 Å². The number of benzene rings is 1. The fourth-order valence-electron chi connectivity index (χ4n) is 2.06. The lowest BCUT2D eigenvalue weighted by Gasteiger charge is -2.11. The number of nitrogens with zero attached hydrogens (tertiary/aromatic N) is 1. The predicted molar refractivity (Wildman–Crippen MR) is 68.2 cm³/mol. The Morgan fingerprint density at radius 2 is 2.25 bits per heavy atom. The number of rotatable bonds is 3. The van der Waals surface area contributed by atoms with Gasteiger partial charge in [0.25, 0.3) is 0 Å². The quantitative estimate of drug-likeness (QED) is 0.803. The minimum atomic E-state index is 0.172. The molecule has 1 amide bonds. The summed E-state index contributed by atoms with van der Waals surface area (Å²) in [6, 6.07) is 6.43. The molecule has 1 aliphatic rings. The number of fused-ring (bicyclic) bond motifs is 1. The van der Waals surface area contributed by atoms with E-state index in [4.69, 9.17) is 0 Å². The number of thioether (sulfide) groups is 1. The van der Waals surface area contributed by atoms with Crippen molar-refractivity contribution in [1.82, 2.24) is 4.90 Å². The minimum Gasteiger partial charge on any atom is -0.334 e. The Morgan fingerprint density at radius 3 is 2.94 bits per heavy atom. The van der Waals surface area contributed by atoms with Crippen molar-refractivity contribution in [3.63, 3.8) is 0 Å². The second kappa shape index (κ2) is 4.91. The maximum Gasteiger partial charge on any atom is 0.220 e. The third kappa shape index (κ3) is 2.24. The van der Waals surface area contributed by atoms with Crippen LogP contribution in [0.15, 0.2) is 18.2 Å². The van der Waals surface area contributed by atoms with Crippen molar-refractivity contribution < 1.29 is 4.79 Å². The van der Waals surface area contributed by atoms with Gasteiger partial charge in [-0.1, -0.05) is 25.1 Å². The van der Waals surface area contributed by atoms with E-state index in [0.717, 1.165) is 24.6 Å². The molecule has 0 atom stereocenters. The molecule has 86 valence electrons. The Morgan fingerprint density at radius 1 is 1.44 bits per heavy atom. The monoisotopic (exact) mass is 235 g/mol. The van der Waals surface area contributed by atoms with Crippen LogP contribution < -0.4 is 0 Å². The molecule has 1 heterocycles. The molecule has 0 saturated heterocycles. The van der Waals surface area contributed by atoms with Gasteiger partial charge in [0.05, 0.1) is 0 Å². The molecule has 0 spiro atoms. The molecule has 1 aromatic rings. The number of carbonyl (C=O) groups excluding carboxylic acids is 1. The summed E-state index contributed by atoms with van der Waals surface area (Å²) in [5, 5.41) is 0. The van der Waals surface area contributed by atoms with Crippen molar-refractivity contribution in [2.45, 2.75) is 32.7 Å². The molecule has 0 N–H and O–H groups in total. The average molecular weight is 235 g/mol. The first-order chi connectivity index (χ1) is 7.72. The van der Waals surface area contributed by atoms with Crippen LogP contribution in [-0.4, -0.2) is 16.6 Å². The van der Waals surface area contributed by atoms with Crippen LogP contribution in [0.2, 0.25) is 0 Å². The van der Waals surface area contributed by atoms with Gasteiger partial charge >= 0.3 is 0 Å². The molecule has 0 saturated carbocycles. The molecule has 3 heteroatoms. The minimum absolute atomic E-state index is 0.172. The summed E-state index contributed by atoms with van der Waals surface area (Å²) in [4.78, 5) is 13.3. The fourth-order valence-corrected chi connectivity index (χ4v) is 2.76. The van der Waals surface area contributed by atoms with E-state index in [9.17, 15) is 4.79 Å². The number of carbonyl (C=O) groups is 1. The second-order valence-corrected chi connectivity index (χ2v) is 5.34. The Kier molecular flexibility index (Phi) is 3.54. The van der Waals surface area contributed by atoms with Crippen molar-refractivity contribution in [1.29, 1.82) is 0 Å². The van der Waals surface area contributed by atoms with Crippen molar-refractivity contribution in [3.8, 4) is 0 Å². The van der Waals surface area contributed by atoms with Crippen LogP contribution >= 0.6 is 11.8 Å². The van der Waals surface area contributed by atoms with Crippen LogP contribution in [0, 0.1) is 0 Å². The number of hydrogen-bond donors (Lipinski definition) is 0. The SMILES string of the molecule is CCSCc1cccc2c1CN(C(C)=O)C2. The number of amides is 1. The van der Waals surface area contributed by atoms with Gasteiger partial charge in [-0.05, 0) is 22.4 Å². The molecule has 0 bridgehead atoms. The van der Waals surface area contributed by atoms with Gasteiger partial charge in [-0.25, -0.2) is 0 Å². The maximum atomic E-state index is 11.4. The largest absolute Gasteiger partial charge is 0.334 e. The lowest BCUT2D eigenvalue weighted by molar-refractivity contribution is -0.129. The Hall–Kier alpha value is -0.960. The first-order valence-corrected chi connectivity index (χ1v) is 6.80. The van der Waals surface area contributed by atoms with E-state index in [-0.39, 0.29) is 5.91 Å². The third-order valence-electron chi connectivity index (χ3n) is 2.99.